The summed E-state index contributed by atoms with van der Waals surface area (Å²) in [6.07, 6.45) is 5.89. The molecular formula is C17H22ClNO2. The maximum Gasteiger partial charge on any atom is 0.227 e. The highest BCUT2D eigenvalue weighted by Gasteiger charge is 2.38. The molecule has 1 atom stereocenters. The lowest BCUT2D eigenvalue weighted by Crippen LogP contribution is -2.42. The molecule has 0 heterocycles. The summed E-state index contributed by atoms with van der Waals surface area (Å²) in [5.74, 6) is 0.372. The van der Waals surface area contributed by atoms with Gasteiger partial charge in [-0.1, -0.05) is 36.6 Å². The van der Waals surface area contributed by atoms with Crippen molar-refractivity contribution < 1.29 is 9.90 Å². The Bertz CT molecular complexity index is 504. The van der Waals surface area contributed by atoms with Gasteiger partial charge in [0.05, 0.1) is 11.5 Å². The molecule has 0 saturated heterocycles. The highest BCUT2D eigenvalue weighted by atomic mass is 35.5. The molecule has 1 aromatic carbocycles. The number of carbonyl (C=O) groups is 1. The van der Waals surface area contributed by atoms with Crippen LogP contribution in [0.5, 0.6) is 0 Å². The van der Waals surface area contributed by atoms with Crippen molar-refractivity contribution in [2.24, 2.45) is 5.92 Å². The fourth-order valence-electron chi connectivity index (χ4n) is 3.31. The van der Waals surface area contributed by atoms with Crippen LogP contribution in [0.15, 0.2) is 24.3 Å². The molecule has 1 amide bonds. The number of carbonyl (C=O) groups excluding carboxylic acids is 1. The minimum Gasteiger partial charge on any atom is -0.388 e. The van der Waals surface area contributed by atoms with Crippen molar-refractivity contribution in [1.29, 1.82) is 0 Å². The van der Waals surface area contributed by atoms with E-state index in [9.17, 15) is 9.90 Å². The first-order valence-electron chi connectivity index (χ1n) is 7.83. The number of benzene rings is 1. The van der Waals surface area contributed by atoms with E-state index < -0.39 is 5.60 Å². The summed E-state index contributed by atoms with van der Waals surface area (Å²) >= 11 is 5.92. The van der Waals surface area contributed by atoms with Gasteiger partial charge in [0.1, 0.15) is 0 Å². The Morgan fingerprint density at radius 1 is 1.29 bits per heavy atom. The number of amides is 1. The van der Waals surface area contributed by atoms with E-state index in [2.05, 4.69) is 5.32 Å². The maximum atomic E-state index is 12.6. The van der Waals surface area contributed by atoms with Crippen LogP contribution in [0.25, 0.3) is 0 Å². The third-order valence-electron chi connectivity index (χ3n) is 4.73. The molecule has 3 nitrogen and oxygen atoms in total. The van der Waals surface area contributed by atoms with Gasteiger partial charge in [0.25, 0.3) is 0 Å². The Balaban J connectivity index is 1.66. The molecule has 2 aliphatic rings. The second-order valence-electron chi connectivity index (χ2n) is 6.52. The Hall–Kier alpha value is -1.06. The molecule has 4 heteroatoms. The second kappa shape index (κ2) is 5.98. The summed E-state index contributed by atoms with van der Waals surface area (Å²) in [6.45, 7) is 0.378. The average Bonchev–Trinajstić information content (AvgIpc) is 3.21. The smallest absolute Gasteiger partial charge is 0.227 e. The quantitative estimate of drug-likeness (QED) is 0.877. The van der Waals surface area contributed by atoms with Gasteiger partial charge in [0, 0.05) is 11.6 Å². The molecule has 21 heavy (non-hydrogen) atoms. The first kappa shape index (κ1) is 14.9. The van der Waals surface area contributed by atoms with Crippen molar-refractivity contribution in [2.75, 3.05) is 6.54 Å². The minimum absolute atomic E-state index is 0.0418. The van der Waals surface area contributed by atoms with E-state index in [0.29, 0.717) is 17.5 Å². The van der Waals surface area contributed by atoms with E-state index in [-0.39, 0.29) is 11.8 Å². The Kier molecular flexibility index (Phi) is 4.23. The summed E-state index contributed by atoms with van der Waals surface area (Å²) < 4.78 is 0. The molecule has 2 aliphatic carbocycles. The molecule has 1 unspecified atom stereocenters. The molecule has 0 bridgehead atoms. The molecule has 0 aliphatic heterocycles. The third kappa shape index (κ3) is 3.58. The normalized spacial score (nSPS) is 22.0. The molecule has 1 aromatic rings. The van der Waals surface area contributed by atoms with Crippen molar-refractivity contribution in [3.8, 4) is 0 Å². The lowest BCUT2D eigenvalue weighted by molar-refractivity contribution is -0.124. The summed E-state index contributed by atoms with van der Waals surface area (Å²) in [6, 6.07) is 7.55. The minimum atomic E-state index is -0.691. The highest BCUT2D eigenvalue weighted by Crippen LogP contribution is 2.43. The van der Waals surface area contributed by atoms with Crippen LogP contribution in [0.1, 0.15) is 50.0 Å². The summed E-state index contributed by atoms with van der Waals surface area (Å²) in [7, 11) is 0. The van der Waals surface area contributed by atoms with E-state index in [1.807, 2.05) is 24.3 Å². The molecule has 2 fully saturated rings. The van der Waals surface area contributed by atoms with Crippen molar-refractivity contribution in [3.05, 3.63) is 34.9 Å². The second-order valence-corrected chi connectivity index (χ2v) is 6.95. The van der Waals surface area contributed by atoms with E-state index in [1.54, 1.807) is 0 Å². The maximum absolute atomic E-state index is 12.6. The molecule has 0 aromatic heterocycles. The monoisotopic (exact) mass is 307 g/mol. The van der Waals surface area contributed by atoms with E-state index in [0.717, 1.165) is 44.1 Å². The van der Waals surface area contributed by atoms with Gasteiger partial charge in [-0.05, 0) is 49.3 Å². The van der Waals surface area contributed by atoms with Gasteiger partial charge in [0.15, 0.2) is 0 Å². The fourth-order valence-corrected chi connectivity index (χ4v) is 3.43. The van der Waals surface area contributed by atoms with E-state index in [4.69, 9.17) is 11.6 Å². The van der Waals surface area contributed by atoms with Crippen LogP contribution >= 0.6 is 11.6 Å². The number of hydrogen-bond donors (Lipinski definition) is 2. The van der Waals surface area contributed by atoms with Crippen molar-refractivity contribution in [2.45, 2.75) is 50.0 Å². The van der Waals surface area contributed by atoms with Crippen LogP contribution in [0.3, 0.4) is 0 Å². The third-order valence-corrected chi connectivity index (χ3v) is 4.98. The van der Waals surface area contributed by atoms with Gasteiger partial charge in [0.2, 0.25) is 5.91 Å². The Labute approximate surface area is 130 Å². The predicted molar refractivity (Wildman–Crippen MR) is 83.3 cm³/mol. The van der Waals surface area contributed by atoms with Crippen LogP contribution in [-0.2, 0) is 4.79 Å². The summed E-state index contributed by atoms with van der Waals surface area (Å²) in [5.41, 5.74) is 0.335. The molecule has 114 valence electrons. The molecule has 0 spiro atoms. The van der Waals surface area contributed by atoms with E-state index in [1.165, 1.54) is 0 Å². The predicted octanol–water partition coefficient (Wildman–Crippen LogP) is 3.25. The molecule has 2 N–H and O–H groups in total. The van der Waals surface area contributed by atoms with Crippen LogP contribution in [0.2, 0.25) is 5.02 Å². The zero-order chi connectivity index (χ0) is 14.9. The molecular weight excluding hydrogens is 286 g/mol. The van der Waals surface area contributed by atoms with Crippen LogP contribution in [0, 0.1) is 5.92 Å². The van der Waals surface area contributed by atoms with Crippen molar-refractivity contribution in [3.63, 3.8) is 0 Å². The fraction of sp³-hybridized carbons (Fsp3) is 0.588. The molecule has 2 saturated carbocycles. The lowest BCUT2D eigenvalue weighted by Gasteiger charge is -2.24. The SMILES string of the molecule is O=C(NCC1(O)CCCC1)C(c1ccc(Cl)cc1)C1CC1. The summed E-state index contributed by atoms with van der Waals surface area (Å²) in [4.78, 5) is 12.6. The zero-order valence-electron chi connectivity index (χ0n) is 12.1. The van der Waals surface area contributed by atoms with Gasteiger partial charge in [-0.2, -0.15) is 0 Å². The number of aliphatic hydroxyl groups is 1. The number of rotatable bonds is 5. The topological polar surface area (TPSA) is 49.3 Å². The Morgan fingerprint density at radius 2 is 1.90 bits per heavy atom. The highest BCUT2D eigenvalue weighted by molar-refractivity contribution is 6.30. The van der Waals surface area contributed by atoms with Gasteiger partial charge >= 0.3 is 0 Å². The van der Waals surface area contributed by atoms with Gasteiger partial charge < -0.3 is 10.4 Å². The standard InChI is InChI=1S/C17H22ClNO2/c18-14-7-5-13(6-8-14)15(12-3-4-12)16(20)19-11-17(21)9-1-2-10-17/h5-8,12,15,21H,1-4,9-11H2,(H,19,20). The first-order valence-corrected chi connectivity index (χ1v) is 8.21. The Morgan fingerprint density at radius 3 is 2.48 bits per heavy atom. The van der Waals surface area contributed by atoms with Crippen LogP contribution < -0.4 is 5.32 Å². The number of nitrogens with one attached hydrogen (secondary N) is 1. The first-order chi connectivity index (χ1) is 10.1. The average molecular weight is 308 g/mol. The molecule has 3 rings (SSSR count). The van der Waals surface area contributed by atoms with Crippen molar-refractivity contribution >= 4 is 17.5 Å². The van der Waals surface area contributed by atoms with Crippen molar-refractivity contribution in [1.82, 2.24) is 5.32 Å². The van der Waals surface area contributed by atoms with Gasteiger partial charge in [-0.15, -0.1) is 0 Å². The molecule has 0 radical (unpaired) electrons. The summed E-state index contributed by atoms with van der Waals surface area (Å²) in [5, 5.41) is 14.0. The number of halogens is 1. The lowest BCUT2D eigenvalue weighted by atomic mass is 9.92. The van der Waals surface area contributed by atoms with E-state index >= 15 is 0 Å². The zero-order valence-corrected chi connectivity index (χ0v) is 12.9. The number of hydrogen-bond acceptors (Lipinski definition) is 2. The van der Waals surface area contributed by atoms with Crippen LogP contribution in [-0.4, -0.2) is 23.2 Å². The van der Waals surface area contributed by atoms with Gasteiger partial charge in [-0.25, -0.2) is 0 Å². The van der Waals surface area contributed by atoms with Gasteiger partial charge in [-0.3, -0.25) is 4.79 Å². The largest absolute Gasteiger partial charge is 0.388 e. The van der Waals surface area contributed by atoms with Crippen LogP contribution in [0.4, 0.5) is 0 Å².